The third kappa shape index (κ3) is 5.07. The van der Waals surface area contributed by atoms with Crippen LogP contribution in [0.2, 0.25) is 0 Å². The molecule has 0 saturated heterocycles. The molecule has 0 bridgehead atoms. The molecule has 1 aromatic carbocycles. The average Bonchev–Trinajstić information content (AvgIpc) is 3.36. The van der Waals surface area contributed by atoms with Crippen molar-refractivity contribution in [1.29, 1.82) is 0 Å². The van der Waals surface area contributed by atoms with Crippen LogP contribution in [-0.4, -0.2) is 60.0 Å². The van der Waals surface area contributed by atoms with Crippen molar-refractivity contribution in [1.82, 2.24) is 19.6 Å². The van der Waals surface area contributed by atoms with Crippen LogP contribution in [0.5, 0.6) is 5.75 Å². The van der Waals surface area contributed by atoms with Gasteiger partial charge in [-0.05, 0) is 90.7 Å². The van der Waals surface area contributed by atoms with Gasteiger partial charge in [-0.1, -0.05) is 0 Å². The lowest BCUT2D eigenvalue weighted by atomic mass is 9.88. The summed E-state index contributed by atoms with van der Waals surface area (Å²) in [7, 11) is 6.02. The Bertz CT molecular complexity index is 1220. The van der Waals surface area contributed by atoms with Crippen LogP contribution in [0.4, 0.5) is 5.69 Å². The summed E-state index contributed by atoms with van der Waals surface area (Å²) in [6.07, 6.45) is 8.49. The van der Waals surface area contributed by atoms with Crippen LogP contribution in [0.3, 0.4) is 0 Å². The van der Waals surface area contributed by atoms with Gasteiger partial charge in [0.05, 0.1) is 19.2 Å². The molecule has 1 fully saturated rings. The van der Waals surface area contributed by atoms with E-state index in [0.717, 1.165) is 45.9 Å². The molecular weight excluding hydrogens is 450 g/mol. The molecule has 3 aromatic rings. The van der Waals surface area contributed by atoms with Crippen LogP contribution in [0, 0.1) is 20.8 Å². The summed E-state index contributed by atoms with van der Waals surface area (Å²) in [5.74, 6) is 0.663. The second kappa shape index (κ2) is 10.9. The third-order valence-electron chi connectivity index (χ3n) is 7.83. The Labute approximate surface area is 215 Å². The van der Waals surface area contributed by atoms with E-state index in [1.807, 2.05) is 29.7 Å². The lowest BCUT2D eigenvalue weighted by Gasteiger charge is -2.40. The first-order valence-electron chi connectivity index (χ1n) is 13.1. The highest BCUT2D eigenvalue weighted by atomic mass is 16.5. The number of pyridine rings is 1. The number of nitrogens with zero attached hydrogens (tertiary/aromatic N) is 4. The minimum atomic E-state index is -0.0721. The van der Waals surface area contributed by atoms with E-state index in [0.29, 0.717) is 18.6 Å². The molecule has 0 spiro atoms. The molecule has 0 atom stereocenters. The SMILES string of the molecule is CCN(c1cc(C)cc(C(=O)NCc2c(OC)cc(C)n3ccnc23)c1C)C1CCC(N(C)C)CC1. The Hall–Kier alpha value is -3.06. The van der Waals surface area contributed by atoms with Crippen molar-refractivity contribution in [3.63, 3.8) is 0 Å². The summed E-state index contributed by atoms with van der Waals surface area (Å²) < 4.78 is 7.64. The van der Waals surface area contributed by atoms with Crippen molar-refractivity contribution >= 4 is 17.2 Å². The number of amides is 1. The molecule has 1 saturated carbocycles. The molecule has 4 rings (SSSR count). The van der Waals surface area contributed by atoms with Gasteiger partial charge in [-0.3, -0.25) is 4.79 Å². The van der Waals surface area contributed by atoms with Gasteiger partial charge in [-0.15, -0.1) is 0 Å². The van der Waals surface area contributed by atoms with Crippen molar-refractivity contribution in [3.05, 3.63) is 58.5 Å². The first kappa shape index (κ1) is 26.0. The van der Waals surface area contributed by atoms with E-state index in [9.17, 15) is 4.79 Å². The van der Waals surface area contributed by atoms with Crippen molar-refractivity contribution in [2.24, 2.45) is 0 Å². The fourth-order valence-electron chi connectivity index (χ4n) is 5.77. The normalized spacial score (nSPS) is 18.0. The lowest BCUT2D eigenvalue weighted by molar-refractivity contribution is 0.0950. The number of rotatable bonds is 8. The zero-order valence-electron chi connectivity index (χ0n) is 22.9. The molecule has 0 aliphatic heterocycles. The first-order chi connectivity index (χ1) is 17.2. The van der Waals surface area contributed by atoms with E-state index in [-0.39, 0.29) is 5.91 Å². The predicted octanol–water partition coefficient (Wildman–Crippen LogP) is 4.90. The standard InChI is InChI=1S/C29H41N5O2/c1-8-33(23-11-9-22(10-12-23)32(5)6)26-16-19(2)15-24(21(26)4)29(35)31-18-25-27(36-7)17-20(3)34-14-13-30-28(25)34/h13-17,22-23H,8-12,18H2,1-7H3,(H,31,35). The summed E-state index contributed by atoms with van der Waals surface area (Å²) in [6.45, 7) is 9.67. The minimum absolute atomic E-state index is 0.0721. The number of nitrogens with one attached hydrogen (secondary N) is 1. The highest BCUT2D eigenvalue weighted by molar-refractivity contribution is 5.97. The molecular formula is C29H41N5O2. The molecule has 0 radical (unpaired) electrons. The van der Waals surface area contributed by atoms with E-state index in [2.05, 4.69) is 61.0 Å². The quantitative estimate of drug-likeness (QED) is 0.486. The van der Waals surface area contributed by atoms with Crippen molar-refractivity contribution in [2.45, 2.75) is 72.0 Å². The third-order valence-corrected chi connectivity index (χ3v) is 7.83. The van der Waals surface area contributed by atoms with Gasteiger partial charge in [0.25, 0.3) is 5.91 Å². The van der Waals surface area contributed by atoms with Gasteiger partial charge in [-0.2, -0.15) is 0 Å². The maximum atomic E-state index is 13.5. The largest absolute Gasteiger partial charge is 0.496 e. The van der Waals surface area contributed by atoms with Gasteiger partial charge in [-0.25, -0.2) is 4.98 Å². The zero-order valence-corrected chi connectivity index (χ0v) is 22.9. The Balaban J connectivity index is 1.57. The van der Waals surface area contributed by atoms with Crippen LogP contribution in [0.1, 0.15) is 65.3 Å². The monoisotopic (exact) mass is 491 g/mol. The number of fused-ring (bicyclic) bond motifs is 1. The number of anilines is 1. The summed E-state index contributed by atoms with van der Waals surface area (Å²) >= 11 is 0. The fourth-order valence-corrected chi connectivity index (χ4v) is 5.77. The Kier molecular flexibility index (Phi) is 7.88. The Morgan fingerprint density at radius 3 is 2.44 bits per heavy atom. The van der Waals surface area contributed by atoms with E-state index in [4.69, 9.17) is 4.74 Å². The number of imidazole rings is 1. The lowest BCUT2D eigenvalue weighted by Crippen LogP contribution is -2.42. The number of methoxy groups -OCH3 is 1. The smallest absolute Gasteiger partial charge is 0.251 e. The number of hydrogen-bond acceptors (Lipinski definition) is 5. The predicted molar refractivity (Wildman–Crippen MR) is 146 cm³/mol. The van der Waals surface area contributed by atoms with Crippen LogP contribution in [0.25, 0.3) is 5.65 Å². The van der Waals surface area contributed by atoms with Gasteiger partial charge in [0.1, 0.15) is 11.4 Å². The minimum Gasteiger partial charge on any atom is -0.496 e. The molecule has 2 aromatic heterocycles. The number of aromatic nitrogens is 2. The van der Waals surface area contributed by atoms with Crippen LogP contribution < -0.4 is 15.0 Å². The van der Waals surface area contributed by atoms with Gasteiger partial charge in [0.15, 0.2) is 0 Å². The van der Waals surface area contributed by atoms with Gasteiger partial charge < -0.3 is 24.3 Å². The molecule has 1 amide bonds. The molecule has 194 valence electrons. The number of hydrogen-bond donors (Lipinski definition) is 1. The fraction of sp³-hybridized carbons (Fsp3) is 0.517. The Morgan fingerprint density at radius 2 is 1.81 bits per heavy atom. The van der Waals surface area contributed by atoms with Crippen LogP contribution >= 0.6 is 0 Å². The number of aryl methyl sites for hydroxylation is 2. The van der Waals surface area contributed by atoms with Gasteiger partial charge in [0.2, 0.25) is 0 Å². The summed E-state index contributed by atoms with van der Waals surface area (Å²) in [5, 5.41) is 3.15. The number of benzene rings is 1. The topological polar surface area (TPSA) is 62.1 Å². The highest BCUT2D eigenvalue weighted by Crippen LogP contribution is 2.33. The summed E-state index contributed by atoms with van der Waals surface area (Å²) in [5.41, 5.74) is 6.77. The molecule has 0 unspecified atom stereocenters. The molecule has 2 heterocycles. The maximum Gasteiger partial charge on any atom is 0.251 e. The zero-order chi connectivity index (χ0) is 26.0. The van der Waals surface area contributed by atoms with Gasteiger partial charge in [0, 0.05) is 54.0 Å². The highest BCUT2D eigenvalue weighted by Gasteiger charge is 2.28. The van der Waals surface area contributed by atoms with Crippen molar-refractivity contribution < 1.29 is 9.53 Å². The number of carbonyl (C=O) groups is 1. The summed E-state index contributed by atoms with van der Waals surface area (Å²) in [4.78, 5) is 22.9. The second-order valence-electron chi connectivity index (χ2n) is 10.3. The molecule has 1 aliphatic carbocycles. The van der Waals surface area contributed by atoms with Gasteiger partial charge >= 0.3 is 0 Å². The summed E-state index contributed by atoms with van der Waals surface area (Å²) in [6, 6.07) is 7.40. The molecule has 7 heteroatoms. The first-order valence-corrected chi connectivity index (χ1v) is 13.1. The molecule has 36 heavy (non-hydrogen) atoms. The number of carbonyl (C=O) groups excluding carboxylic acids is 1. The van der Waals surface area contributed by atoms with E-state index >= 15 is 0 Å². The average molecular weight is 492 g/mol. The second-order valence-corrected chi connectivity index (χ2v) is 10.3. The van der Waals surface area contributed by atoms with E-state index in [1.165, 1.54) is 31.4 Å². The maximum absolute atomic E-state index is 13.5. The number of ether oxygens (including phenoxy) is 1. The Morgan fingerprint density at radius 1 is 1.11 bits per heavy atom. The molecule has 1 N–H and O–H groups in total. The molecule has 7 nitrogen and oxygen atoms in total. The van der Waals surface area contributed by atoms with Crippen molar-refractivity contribution in [3.8, 4) is 5.75 Å². The van der Waals surface area contributed by atoms with E-state index in [1.54, 1.807) is 13.3 Å². The molecule has 1 aliphatic rings. The van der Waals surface area contributed by atoms with Crippen LogP contribution in [-0.2, 0) is 6.54 Å². The van der Waals surface area contributed by atoms with E-state index < -0.39 is 0 Å². The van der Waals surface area contributed by atoms with Crippen molar-refractivity contribution in [2.75, 3.05) is 32.6 Å². The van der Waals surface area contributed by atoms with Crippen LogP contribution in [0.15, 0.2) is 30.6 Å².